The zero-order valence-corrected chi connectivity index (χ0v) is 11.9. The standard InChI is InChI=1S/C15H21N3O2/c1-3-12(19)8-9-16-15(20)11(2)18-10-17-13-6-4-5-7-14(13)18/h4-7,10-12,19H,3,8-9H2,1-2H3,(H,16,20). The molecule has 0 aliphatic rings. The summed E-state index contributed by atoms with van der Waals surface area (Å²) in [6.07, 6.45) is 2.63. The highest BCUT2D eigenvalue weighted by molar-refractivity contribution is 5.83. The van der Waals surface area contributed by atoms with E-state index in [-0.39, 0.29) is 18.1 Å². The summed E-state index contributed by atoms with van der Waals surface area (Å²) in [5, 5.41) is 12.3. The molecule has 20 heavy (non-hydrogen) atoms. The zero-order chi connectivity index (χ0) is 14.5. The third-order valence-corrected chi connectivity index (χ3v) is 3.53. The minimum atomic E-state index is -0.348. The SMILES string of the molecule is CCC(O)CCNC(=O)C(C)n1cnc2ccccc21. The number of carbonyl (C=O) groups is 1. The number of fused-ring (bicyclic) bond motifs is 1. The van der Waals surface area contributed by atoms with Gasteiger partial charge in [-0.3, -0.25) is 4.79 Å². The molecule has 0 fully saturated rings. The highest BCUT2D eigenvalue weighted by Crippen LogP contribution is 2.17. The van der Waals surface area contributed by atoms with Crippen LogP contribution in [0.1, 0.15) is 32.7 Å². The van der Waals surface area contributed by atoms with Crippen molar-refractivity contribution in [3.63, 3.8) is 0 Å². The maximum atomic E-state index is 12.1. The Kier molecular flexibility index (Phi) is 4.74. The minimum absolute atomic E-state index is 0.0588. The second-order valence-corrected chi connectivity index (χ2v) is 4.96. The molecule has 1 aromatic heterocycles. The number of nitrogens with zero attached hydrogens (tertiary/aromatic N) is 2. The number of aliphatic hydroxyl groups excluding tert-OH is 1. The van der Waals surface area contributed by atoms with Crippen LogP contribution in [0, 0.1) is 0 Å². The van der Waals surface area contributed by atoms with Crippen LogP contribution in [0.15, 0.2) is 30.6 Å². The maximum Gasteiger partial charge on any atom is 0.242 e. The molecule has 0 saturated carbocycles. The monoisotopic (exact) mass is 275 g/mol. The molecule has 2 N–H and O–H groups in total. The van der Waals surface area contributed by atoms with Crippen LogP contribution in [-0.2, 0) is 4.79 Å². The molecule has 2 rings (SSSR count). The van der Waals surface area contributed by atoms with Crippen LogP contribution in [0.2, 0.25) is 0 Å². The quantitative estimate of drug-likeness (QED) is 0.845. The second-order valence-electron chi connectivity index (χ2n) is 4.96. The molecule has 1 amide bonds. The number of para-hydroxylation sites is 2. The van der Waals surface area contributed by atoms with Gasteiger partial charge in [0.15, 0.2) is 0 Å². The number of aromatic nitrogens is 2. The predicted octanol–water partition coefficient (Wildman–Crippen LogP) is 1.87. The Morgan fingerprint density at radius 2 is 2.20 bits per heavy atom. The van der Waals surface area contributed by atoms with Crippen molar-refractivity contribution in [2.45, 2.75) is 38.8 Å². The first-order valence-electron chi connectivity index (χ1n) is 7.00. The fourth-order valence-electron chi connectivity index (χ4n) is 2.13. The van der Waals surface area contributed by atoms with E-state index in [1.807, 2.05) is 42.7 Å². The van der Waals surface area contributed by atoms with Crippen LogP contribution in [0.25, 0.3) is 11.0 Å². The summed E-state index contributed by atoms with van der Waals surface area (Å²) >= 11 is 0. The van der Waals surface area contributed by atoms with Gasteiger partial charge in [-0.15, -0.1) is 0 Å². The van der Waals surface area contributed by atoms with Gasteiger partial charge in [-0.1, -0.05) is 19.1 Å². The first-order valence-corrected chi connectivity index (χ1v) is 7.00. The lowest BCUT2D eigenvalue weighted by molar-refractivity contribution is -0.123. The smallest absolute Gasteiger partial charge is 0.242 e. The number of rotatable bonds is 6. The van der Waals surface area contributed by atoms with E-state index in [0.717, 1.165) is 11.0 Å². The highest BCUT2D eigenvalue weighted by Gasteiger charge is 2.16. The molecule has 1 aromatic carbocycles. The van der Waals surface area contributed by atoms with Gasteiger partial charge in [0, 0.05) is 6.54 Å². The number of carbonyl (C=O) groups excluding carboxylic acids is 1. The lowest BCUT2D eigenvalue weighted by Gasteiger charge is -2.15. The van der Waals surface area contributed by atoms with Gasteiger partial charge < -0.3 is 15.0 Å². The van der Waals surface area contributed by atoms with Gasteiger partial charge in [0.1, 0.15) is 6.04 Å². The number of hydrogen-bond acceptors (Lipinski definition) is 3. The van der Waals surface area contributed by atoms with Crippen molar-refractivity contribution >= 4 is 16.9 Å². The molecule has 0 saturated heterocycles. The van der Waals surface area contributed by atoms with Gasteiger partial charge in [0.2, 0.25) is 5.91 Å². The van der Waals surface area contributed by atoms with Crippen LogP contribution in [-0.4, -0.2) is 33.2 Å². The van der Waals surface area contributed by atoms with Gasteiger partial charge in [-0.2, -0.15) is 0 Å². The first kappa shape index (κ1) is 14.5. The Bertz CT molecular complexity index is 579. The van der Waals surface area contributed by atoms with Gasteiger partial charge in [-0.05, 0) is 31.9 Å². The van der Waals surface area contributed by atoms with E-state index in [0.29, 0.717) is 19.4 Å². The molecule has 0 spiro atoms. The number of hydrogen-bond donors (Lipinski definition) is 2. The van der Waals surface area contributed by atoms with Crippen molar-refractivity contribution in [2.24, 2.45) is 0 Å². The molecule has 0 radical (unpaired) electrons. The van der Waals surface area contributed by atoms with E-state index in [2.05, 4.69) is 10.3 Å². The topological polar surface area (TPSA) is 67.2 Å². The van der Waals surface area contributed by atoms with Crippen molar-refractivity contribution in [1.29, 1.82) is 0 Å². The minimum Gasteiger partial charge on any atom is -0.393 e. The van der Waals surface area contributed by atoms with Gasteiger partial charge in [0.25, 0.3) is 0 Å². The van der Waals surface area contributed by atoms with Crippen molar-refractivity contribution < 1.29 is 9.90 Å². The summed E-state index contributed by atoms with van der Waals surface area (Å²) in [5.74, 6) is -0.0588. The molecule has 108 valence electrons. The summed E-state index contributed by atoms with van der Waals surface area (Å²) in [5.41, 5.74) is 1.83. The number of imidazole rings is 1. The number of benzene rings is 1. The number of nitrogens with one attached hydrogen (secondary N) is 1. The summed E-state index contributed by atoms with van der Waals surface area (Å²) < 4.78 is 1.86. The van der Waals surface area contributed by atoms with Crippen LogP contribution >= 0.6 is 0 Å². The van der Waals surface area contributed by atoms with Crippen LogP contribution in [0.3, 0.4) is 0 Å². The van der Waals surface area contributed by atoms with Crippen molar-refractivity contribution in [3.05, 3.63) is 30.6 Å². The maximum absolute atomic E-state index is 12.1. The van der Waals surface area contributed by atoms with Crippen molar-refractivity contribution in [3.8, 4) is 0 Å². The lowest BCUT2D eigenvalue weighted by atomic mass is 10.2. The summed E-state index contributed by atoms with van der Waals surface area (Å²) in [6, 6.07) is 7.42. The summed E-state index contributed by atoms with van der Waals surface area (Å²) in [6.45, 7) is 4.26. The van der Waals surface area contributed by atoms with Crippen molar-refractivity contribution in [1.82, 2.24) is 14.9 Å². The van der Waals surface area contributed by atoms with Gasteiger partial charge in [0.05, 0.1) is 23.5 Å². The van der Waals surface area contributed by atoms with E-state index in [9.17, 15) is 9.90 Å². The van der Waals surface area contributed by atoms with Crippen LogP contribution in [0.4, 0.5) is 0 Å². The lowest BCUT2D eigenvalue weighted by Crippen LogP contribution is -2.32. The second kappa shape index (κ2) is 6.52. The highest BCUT2D eigenvalue weighted by atomic mass is 16.3. The molecule has 1 heterocycles. The molecule has 5 heteroatoms. The Morgan fingerprint density at radius 3 is 2.95 bits per heavy atom. The van der Waals surface area contributed by atoms with E-state index >= 15 is 0 Å². The molecular weight excluding hydrogens is 254 g/mol. The molecule has 2 aromatic rings. The van der Waals surface area contributed by atoms with E-state index < -0.39 is 0 Å². The van der Waals surface area contributed by atoms with E-state index in [1.54, 1.807) is 6.33 Å². The third-order valence-electron chi connectivity index (χ3n) is 3.53. The molecule has 2 atom stereocenters. The average Bonchev–Trinajstić information content (AvgIpc) is 2.90. The normalized spacial score (nSPS) is 14.2. The molecule has 0 aliphatic carbocycles. The molecular formula is C15H21N3O2. The first-order chi connectivity index (χ1) is 9.63. The largest absolute Gasteiger partial charge is 0.393 e. The number of amides is 1. The molecule has 0 aliphatic heterocycles. The fraction of sp³-hybridized carbons (Fsp3) is 0.467. The zero-order valence-electron chi connectivity index (χ0n) is 11.9. The summed E-state index contributed by atoms with van der Waals surface area (Å²) in [7, 11) is 0. The fourth-order valence-corrected chi connectivity index (χ4v) is 2.13. The van der Waals surface area contributed by atoms with E-state index in [1.165, 1.54) is 0 Å². The Hall–Kier alpha value is -1.88. The van der Waals surface area contributed by atoms with Crippen LogP contribution < -0.4 is 5.32 Å². The van der Waals surface area contributed by atoms with Crippen molar-refractivity contribution in [2.75, 3.05) is 6.54 Å². The molecule has 5 nitrogen and oxygen atoms in total. The van der Waals surface area contributed by atoms with Gasteiger partial charge in [-0.25, -0.2) is 4.98 Å². The Labute approximate surface area is 118 Å². The third kappa shape index (κ3) is 3.17. The average molecular weight is 275 g/mol. The number of aliphatic hydroxyl groups is 1. The summed E-state index contributed by atoms with van der Waals surface area (Å²) in [4.78, 5) is 16.4. The molecule has 2 unspecified atom stereocenters. The molecule has 0 bridgehead atoms. The van der Waals surface area contributed by atoms with Gasteiger partial charge >= 0.3 is 0 Å². The van der Waals surface area contributed by atoms with E-state index in [4.69, 9.17) is 0 Å². The van der Waals surface area contributed by atoms with Crippen LogP contribution in [0.5, 0.6) is 0 Å². The predicted molar refractivity (Wildman–Crippen MR) is 78.4 cm³/mol. The Morgan fingerprint density at radius 1 is 1.45 bits per heavy atom. The Balaban J connectivity index is 2.00.